The number of benzene rings is 5. The molecule has 5 aromatic rings. The number of carbonyl (C=O) groups excluding carboxylic acids is 1. The van der Waals surface area contributed by atoms with Gasteiger partial charge in [-0.25, -0.2) is 0 Å². The van der Waals surface area contributed by atoms with Crippen molar-refractivity contribution in [3.63, 3.8) is 0 Å². The van der Waals surface area contributed by atoms with Crippen LogP contribution in [0, 0.1) is 5.41 Å². The average Bonchev–Trinajstić information content (AvgIpc) is 3.04. The molecule has 0 aromatic heterocycles. The molecule has 202 valence electrons. The van der Waals surface area contributed by atoms with Gasteiger partial charge in [0.05, 0.1) is 6.61 Å². The zero-order valence-corrected chi connectivity index (χ0v) is 23.3. The molecule has 0 radical (unpaired) electrons. The predicted octanol–water partition coefficient (Wildman–Crippen LogP) is 9.04. The van der Waals surface area contributed by atoms with Crippen LogP contribution in [0.5, 0.6) is 0 Å². The minimum atomic E-state index is -1.11. The lowest BCUT2D eigenvalue weighted by Crippen LogP contribution is -2.33. The van der Waals surface area contributed by atoms with Gasteiger partial charge in [0.2, 0.25) is 0 Å². The smallest absolute Gasteiger partial charge is 0.320 e. The first-order chi connectivity index (χ1) is 20.2. The largest absolute Gasteiger partial charge is 0.465 e. The van der Waals surface area contributed by atoms with E-state index in [1.165, 1.54) is 0 Å². The van der Waals surface area contributed by atoms with E-state index < -0.39 is 5.41 Å². The fourth-order valence-electron chi connectivity index (χ4n) is 5.19. The third-order valence-corrected chi connectivity index (χ3v) is 7.14. The number of rotatable bonds is 10. The topological polar surface area (TPSA) is 26.3 Å². The van der Waals surface area contributed by atoms with E-state index in [9.17, 15) is 4.79 Å². The summed E-state index contributed by atoms with van der Waals surface area (Å²) in [6.07, 6.45) is 4.68. The van der Waals surface area contributed by atoms with Crippen molar-refractivity contribution in [3.8, 4) is 0 Å². The summed E-state index contributed by atoms with van der Waals surface area (Å²) in [5, 5.41) is 0. The Morgan fingerprint density at radius 3 is 1.17 bits per heavy atom. The van der Waals surface area contributed by atoms with Crippen LogP contribution in [-0.4, -0.2) is 12.6 Å². The fourth-order valence-corrected chi connectivity index (χ4v) is 5.19. The van der Waals surface area contributed by atoms with Gasteiger partial charge in [0.25, 0.3) is 0 Å². The van der Waals surface area contributed by atoms with Crippen molar-refractivity contribution >= 4 is 17.1 Å². The summed E-state index contributed by atoms with van der Waals surface area (Å²) >= 11 is 0. The Balaban J connectivity index is 1.85. The molecule has 0 fully saturated rings. The first kappa shape index (κ1) is 27.6. The molecule has 0 aliphatic carbocycles. The molecule has 0 amide bonds. The van der Waals surface area contributed by atoms with Gasteiger partial charge in [0, 0.05) is 0 Å². The summed E-state index contributed by atoms with van der Waals surface area (Å²) in [4.78, 5) is 14.4. The number of esters is 1. The highest BCUT2D eigenvalue weighted by Gasteiger charge is 2.38. The molecule has 0 unspecified atom stereocenters. The summed E-state index contributed by atoms with van der Waals surface area (Å²) in [7, 11) is 0. The molecule has 5 aromatic carbocycles. The summed E-state index contributed by atoms with van der Waals surface area (Å²) in [5.74, 6) is -0.280. The van der Waals surface area contributed by atoms with Crippen LogP contribution in [0.4, 0.5) is 0 Å². The SMILES string of the molecule is CCOC(=O)C(C=C(c1ccccc1)c1ccccc1)(C=C(c1ccccc1)c1ccccc1)Cc1ccccc1. The summed E-state index contributed by atoms with van der Waals surface area (Å²) in [6, 6.07) is 51.2. The minimum Gasteiger partial charge on any atom is -0.465 e. The lowest BCUT2D eigenvalue weighted by molar-refractivity contribution is -0.149. The maximum atomic E-state index is 14.4. The van der Waals surface area contributed by atoms with E-state index in [-0.39, 0.29) is 12.6 Å². The Hall–Kier alpha value is -4.95. The molecule has 0 N–H and O–H groups in total. The van der Waals surface area contributed by atoms with E-state index in [1.807, 2.05) is 97.9 Å². The van der Waals surface area contributed by atoms with Crippen LogP contribution in [0.2, 0.25) is 0 Å². The maximum absolute atomic E-state index is 14.4. The fraction of sp³-hybridized carbons (Fsp3) is 0.103. The molecule has 0 aliphatic heterocycles. The van der Waals surface area contributed by atoms with Gasteiger partial charge in [-0.15, -0.1) is 0 Å². The van der Waals surface area contributed by atoms with Crippen LogP contribution >= 0.6 is 0 Å². The van der Waals surface area contributed by atoms with E-state index in [0.29, 0.717) is 6.42 Å². The highest BCUT2D eigenvalue weighted by Crippen LogP contribution is 2.39. The van der Waals surface area contributed by atoms with Gasteiger partial charge in [-0.2, -0.15) is 0 Å². The Morgan fingerprint density at radius 2 is 0.854 bits per heavy atom. The molecule has 0 aliphatic rings. The van der Waals surface area contributed by atoms with E-state index in [1.54, 1.807) is 0 Å². The Kier molecular flexibility index (Phi) is 9.03. The van der Waals surface area contributed by atoms with Crippen LogP contribution < -0.4 is 0 Å². The van der Waals surface area contributed by atoms with Gasteiger partial charge >= 0.3 is 5.97 Å². The second-order valence-electron chi connectivity index (χ2n) is 10.0. The normalized spacial score (nSPS) is 10.9. The van der Waals surface area contributed by atoms with Crippen molar-refractivity contribution in [1.29, 1.82) is 0 Å². The first-order valence-electron chi connectivity index (χ1n) is 14.1. The van der Waals surface area contributed by atoms with E-state index in [4.69, 9.17) is 4.74 Å². The van der Waals surface area contributed by atoms with Gasteiger partial charge in [-0.3, -0.25) is 4.79 Å². The van der Waals surface area contributed by atoms with Crippen LogP contribution in [-0.2, 0) is 16.0 Å². The minimum absolute atomic E-state index is 0.280. The first-order valence-corrected chi connectivity index (χ1v) is 14.1. The average molecular weight is 535 g/mol. The van der Waals surface area contributed by atoms with E-state index in [2.05, 4.69) is 72.8 Å². The molecule has 2 heteroatoms. The molecule has 0 saturated carbocycles. The maximum Gasteiger partial charge on any atom is 0.320 e. The van der Waals surface area contributed by atoms with Gasteiger partial charge in [-0.05, 0) is 52.3 Å². The molecule has 2 nitrogen and oxygen atoms in total. The summed E-state index contributed by atoms with van der Waals surface area (Å²) < 4.78 is 5.90. The molecule has 0 saturated heterocycles. The molecular formula is C39H34O2. The zero-order valence-electron chi connectivity index (χ0n) is 23.3. The number of ether oxygens (including phenoxy) is 1. The van der Waals surface area contributed by atoms with Crippen molar-refractivity contribution in [2.45, 2.75) is 13.3 Å². The van der Waals surface area contributed by atoms with Crippen molar-refractivity contribution in [1.82, 2.24) is 0 Å². The van der Waals surface area contributed by atoms with Gasteiger partial charge in [0.1, 0.15) is 5.41 Å². The third kappa shape index (κ3) is 6.80. The lowest BCUT2D eigenvalue weighted by Gasteiger charge is -2.29. The predicted molar refractivity (Wildman–Crippen MR) is 169 cm³/mol. The highest BCUT2D eigenvalue weighted by atomic mass is 16.5. The molecule has 5 rings (SSSR count). The van der Waals surface area contributed by atoms with E-state index >= 15 is 0 Å². The van der Waals surface area contributed by atoms with Crippen LogP contribution in [0.25, 0.3) is 11.1 Å². The monoisotopic (exact) mass is 534 g/mol. The van der Waals surface area contributed by atoms with Crippen LogP contribution in [0.3, 0.4) is 0 Å². The molecule has 0 heterocycles. The Morgan fingerprint density at radius 1 is 0.537 bits per heavy atom. The van der Waals surface area contributed by atoms with Gasteiger partial charge in [0.15, 0.2) is 0 Å². The molecule has 0 spiro atoms. The molecule has 0 bridgehead atoms. The van der Waals surface area contributed by atoms with Crippen molar-refractivity contribution in [3.05, 3.63) is 192 Å². The van der Waals surface area contributed by atoms with Crippen molar-refractivity contribution in [2.24, 2.45) is 5.41 Å². The second kappa shape index (κ2) is 13.4. The molecule has 41 heavy (non-hydrogen) atoms. The lowest BCUT2D eigenvalue weighted by atomic mass is 9.75. The van der Waals surface area contributed by atoms with Crippen molar-refractivity contribution < 1.29 is 9.53 Å². The Labute approximate surface area is 243 Å². The van der Waals surface area contributed by atoms with Gasteiger partial charge in [-0.1, -0.05) is 164 Å². The standard InChI is InChI=1S/C39H34O2/c1-2-41-38(40)39(28-31-18-8-3-9-19-31,29-36(32-20-10-4-11-21-32)33-22-12-5-13-23-33)30-37(34-24-14-6-15-25-34)35-26-16-7-17-27-35/h3-27,29-30H,2,28H2,1H3. The van der Waals surface area contributed by atoms with E-state index in [0.717, 1.165) is 39.0 Å². The number of hydrogen-bond acceptors (Lipinski definition) is 2. The Bertz CT molecular complexity index is 1410. The van der Waals surface area contributed by atoms with Gasteiger partial charge < -0.3 is 4.74 Å². The quantitative estimate of drug-likeness (QED) is 0.167. The second-order valence-corrected chi connectivity index (χ2v) is 10.0. The van der Waals surface area contributed by atoms with Crippen LogP contribution in [0.1, 0.15) is 34.7 Å². The zero-order chi connectivity index (χ0) is 28.3. The summed E-state index contributed by atoms with van der Waals surface area (Å²) in [6.45, 7) is 2.15. The third-order valence-electron chi connectivity index (χ3n) is 7.14. The number of carbonyl (C=O) groups is 1. The highest BCUT2D eigenvalue weighted by molar-refractivity contribution is 5.92. The van der Waals surface area contributed by atoms with Crippen LogP contribution in [0.15, 0.2) is 164 Å². The molecule has 0 atom stereocenters. The van der Waals surface area contributed by atoms with Crippen molar-refractivity contribution in [2.75, 3.05) is 6.61 Å². The number of hydrogen-bond donors (Lipinski definition) is 0. The summed E-state index contributed by atoms with van der Waals surface area (Å²) in [5.41, 5.74) is 6.04. The molecular weight excluding hydrogens is 500 g/mol.